The third-order valence-electron chi connectivity index (χ3n) is 5.53. The molecule has 0 radical (unpaired) electrons. The van der Waals surface area contributed by atoms with Crippen LogP contribution < -0.4 is 10.0 Å². The van der Waals surface area contributed by atoms with Crippen LogP contribution in [0.5, 0.6) is 0 Å². The van der Waals surface area contributed by atoms with Gasteiger partial charge >= 0.3 is 0 Å². The highest BCUT2D eigenvalue weighted by molar-refractivity contribution is 7.88. The molecular formula is C26H26FN5O2S. The molecule has 0 aliphatic heterocycles. The first-order valence-electron chi connectivity index (χ1n) is 11.1. The minimum Gasteiger partial charge on any atom is -0.369 e. The lowest BCUT2D eigenvalue weighted by atomic mass is 9.76. The summed E-state index contributed by atoms with van der Waals surface area (Å²) < 4.78 is 38.9. The number of sulfonamides is 1. The van der Waals surface area contributed by atoms with Crippen LogP contribution in [0.25, 0.3) is 0 Å². The van der Waals surface area contributed by atoms with Crippen molar-refractivity contribution in [2.45, 2.75) is 11.8 Å². The van der Waals surface area contributed by atoms with E-state index in [1.165, 1.54) is 12.1 Å². The topological polar surface area (TPSA) is 96.9 Å². The predicted molar refractivity (Wildman–Crippen MR) is 134 cm³/mol. The molecule has 2 N–H and O–H groups in total. The van der Waals surface area contributed by atoms with Gasteiger partial charge in [0.2, 0.25) is 10.0 Å². The van der Waals surface area contributed by atoms with Gasteiger partial charge in [-0.25, -0.2) is 22.5 Å². The molecule has 0 fully saturated rings. The largest absolute Gasteiger partial charge is 0.369 e. The predicted octanol–water partition coefficient (Wildman–Crippen LogP) is 3.94. The lowest BCUT2D eigenvalue weighted by Crippen LogP contribution is -2.27. The van der Waals surface area contributed by atoms with Crippen LogP contribution in [0.1, 0.15) is 34.2 Å². The number of rotatable bonds is 10. The number of benzene rings is 1. The van der Waals surface area contributed by atoms with Gasteiger partial charge in [0.25, 0.3) is 0 Å². The molecule has 0 aliphatic rings. The fourth-order valence-electron chi connectivity index (χ4n) is 4.05. The maximum absolute atomic E-state index is 13.8. The van der Waals surface area contributed by atoms with Gasteiger partial charge in [-0.2, -0.15) is 0 Å². The Kier molecular flexibility index (Phi) is 7.79. The highest BCUT2D eigenvalue weighted by atomic mass is 32.2. The summed E-state index contributed by atoms with van der Waals surface area (Å²) in [6.45, 7) is 0.611. The first-order chi connectivity index (χ1) is 16.9. The van der Waals surface area contributed by atoms with Gasteiger partial charge in [0.15, 0.2) is 0 Å². The van der Waals surface area contributed by atoms with Crippen LogP contribution in [0.2, 0.25) is 0 Å². The SMILES string of the molecule is CS(=O)(=O)NCCNc1cccc(C(c2ccc(F)cc2)C(c2cccnc2)c2cccnc2)n1. The Morgan fingerprint density at radius 1 is 0.800 bits per heavy atom. The zero-order valence-corrected chi connectivity index (χ0v) is 20.0. The lowest BCUT2D eigenvalue weighted by molar-refractivity contribution is 0.589. The minimum absolute atomic E-state index is 0.183. The summed E-state index contributed by atoms with van der Waals surface area (Å²) in [5, 5.41) is 3.17. The molecule has 0 saturated heterocycles. The van der Waals surface area contributed by atoms with E-state index in [-0.39, 0.29) is 24.2 Å². The third kappa shape index (κ3) is 6.68. The molecule has 0 amide bonds. The van der Waals surface area contributed by atoms with Crippen molar-refractivity contribution in [1.82, 2.24) is 19.7 Å². The summed E-state index contributed by atoms with van der Waals surface area (Å²) >= 11 is 0. The zero-order valence-electron chi connectivity index (χ0n) is 19.2. The number of aromatic nitrogens is 3. The van der Waals surface area contributed by atoms with Crippen LogP contribution in [-0.2, 0) is 10.0 Å². The van der Waals surface area contributed by atoms with Gasteiger partial charge < -0.3 is 5.32 Å². The average molecular weight is 492 g/mol. The average Bonchev–Trinajstić information content (AvgIpc) is 2.86. The Morgan fingerprint density at radius 2 is 1.46 bits per heavy atom. The molecule has 0 bridgehead atoms. The maximum atomic E-state index is 13.8. The molecule has 0 spiro atoms. The van der Waals surface area contributed by atoms with Crippen LogP contribution in [0.4, 0.5) is 10.2 Å². The van der Waals surface area contributed by atoms with Crippen LogP contribution in [0.15, 0.2) is 91.5 Å². The molecule has 0 aliphatic carbocycles. The molecule has 0 saturated carbocycles. The van der Waals surface area contributed by atoms with Crippen molar-refractivity contribution < 1.29 is 12.8 Å². The van der Waals surface area contributed by atoms with E-state index in [1.807, 2.05) is 54.9 Å². The van der Waals surface area contributed by atoms with Crippen LogP contribution in [0.3, 0.4) is 0 Å². The molecule has 4 aromatic rings. The highest BCUT2D eigenvalue weighted by Gasteiger charge is 2.30. The molecule has 3 aromatic heterocycles. The van der Waals surface area contributed by atoms with E-state index in [2.05, 4.69) is 20.0 Å². The molecule has 180 valence electrons. The Labute approximate surface area is 204 Å². The van der Waals surface area contributed by atoms with E-state index in [0.29, 0.717) is 12.4 Å². The second-order valence-corrected chi connectivity index (χ2v) is 9.95. The van der Waals surface area contributed by atoms with Crippen LogP contribution in [0, 0.1) is 5.82 Å². The Morgan fingerprint density at radius 3 is 2.03 bits per heavy atom. The number of anilines is 1. The van der Waals surface area contributed by atoms with E-state index in [9.17, 15) is 12.8 Å². The molecule has 9 heteroatoms. The van der Waals surface area contributed by atoms with Crippen molar-refractivity contribution >= 4 is 15.8 Å². The van der Waals surface area contributed by atoms with Crippen molar-refractivity contribution in [3.63, 3.8) is 0 Å². The van der Waals surface area contributed by atoms with Crippen molar-refractivity contribution in [2.75, 3.05) is 24.7 Å². The number of pyridine rings is 3. The van der Waals surface area contributed by atoms with Gasteiger partial charge in [-0.15, -0.1) is 0 Å². The highest BCUT2D eigenvalue weighted by Crippen LogP contribution is 2.42. The Hall–Kier alpha value is -3.69. The van der Waals surface area contributed by atoms with Crippen molar-refractivity contribution in [3.8, 4) is 0 Å². The van der Waals surface area contributed by atoms with Crippen molar-refractivity contribution in [2.24, 2.45) is 0 Å². The molecule has 3 heterocycles. The first-order valence-corrected chi connectivity index (χ1v) is 13.0. The first kappa shape index (κ1) is 24.4. The summed E-state index contributed by atoms with van der Waals surface area (Å²) in [7, 11) is -3.27. The number of nitrogens with one attached hydrogen (secondary N) is 2. The molecule has 7 nitrogen and oxygen atoms in total. The normalized spacial score (nSPS) is 12.4. The second-order valence-electron chi connectivity index (χ2n) is 8.12. The molecule has 35 heavy (non-hydrogen) atoms. The fourth-order valence-corrected chi connectivity index (χ4v) is 4.52. The van der Waals surface area contributed by atoms with E-state index in [0.717, 1.165) is 28.6 Å². The number of hydrogen-bond donors (Lipinski definition) is 2. The van der Waals surface area contributed by atoms with E-state index >= 15 is 0 Å². The fraction of sp³-hybridized carbons (Fsp3) is 0.192. The smallest absolute Gasteiger partial charge is 0.208 e. The summed E-state index contributed by atoms with van der Waals surface area (Å²) in [5.74, 6) is -0.146. The van der Waals surface area contributed by atoms with Crippen molar-refractivity contribution in [1.29, 1.82) is 0 Å². The summed E-state index contributed by atoms with van der Waals surface area (Å²) in [6, 6.07) is 19.9. The standard InChI is InChI=1S/C26H26FN5O2S/c1-35(33,34)31-16-15-30-24-8-2-7-23(32-24)26(19-9-11-22(27)12-10-19)25(20-5-3-13-28-17-20)21-6-4-14-29-18-21/h2-14,17-18,25-26,31H,15-16H2,1H3,(H,30,32). The molecule has 1 unspecified atom stereocenters. The van der Waals surface area contributed by atoms with Crippen LogP contribution in [-0.4, -0.2) is 42.7 Å². The lowest BCUT2D eigenvalue weighted by Gasteiger charge is -2.28. The minimum atomic E-state index is -3.27. The summed E-state index contributed by atoms with van der Waals surface area (Å²) in [5.41, 5.74) is 3.63. The van der Waals surface area contributed by atoms with Crippen molar-refractivity contribution in [3.05, 3.63) is 120 Å². The molecule has 1 atom stereocenters. The molecular weight excluding hydrogens is 465 g/mol. The quantitative estimate of drug-likeness (QED) is 0.326. The van der Waals surface area contributed by atoms with Gasteiger partial charge in [-0.05, 0) is 53.1 Å². The maximum Gasteiger partial charge on any atom is 0.208 e. The van der Waals surface area contributed by atoms with E-state index < -0.39 is 10.0 Å². The second kappa shape index (κ2) is 11.2. The molecule has 1 aromatic carbocycles. The number of nitrogens with zero attached hydrogens (tertiary/aromatic N) is 3. The van der Waals surface area contributed by atoms with Crippen LogP contribution >= 0.6 is 0 Å². The number of halogens is 1. The van der Waals surface area contributed by atoms with Gasteiger partial charge in [0.1, 0.15) is 11.6 Å². The monoisotopic (exact) mass is 491 g/mol. The zero-order chi connectivity index (χ0) is 24.7. The Balaban J connectivity index is 1.75. The summed E-state index contributed by atoms with van der Waals surface area (Å²) in [6.07, 6.45) is 8.23. The van der Waals surface area contributed by atoms with Gasteiger partial charge in [0, 0.05) is 49.7 Å². The number of hydrogen-bond acceptors (Lipinski definition) is 6. The van der Waals surface area contributed by atoms with Gasteiger partial charge in [0.05, 0.1) is 11.9 Å². The van der Waals surface area contributed by atoms with Gasteiger partial charge in [-0.1, -0.05) is 30.3 Å². The van der Waals surface area contributed by atoms with E-state index in [1.54, 1.807) is 24.5 Å². The summed E-state index contributed by atoms with van der Waals surface area (Å²) in [4.78, 5) is 13.5. The van der Waals surface area contributed by atoms with E-state index in [4.69, 9.17) is 4.98 Å². The Bertz CT molecular complexity index is 1300. The molecule has 4 rings (SSSR count). The van der Waals surface area contributed by atoms with Gasteiger partial charge in [-0.3, -0.25) is 9.97 Å². The third-order valence-corrected chi connectivity index (χ3v) is 6.26.